The number of hydrogen-bond acceptors (Lipinski definition) is 3. The second-order valence-electron chi connectivity index (χ2n) is 5.26. The van der Waals surface area contributed by atoms with Crippen molar-refractivity contribution >= 4 is 10.0 Å². The van der Waals surface area contributed by atoms with Crippen molar-refractivity contribution in [1.29, 1.82) is 0 Å². The van der Waals surface area contributed by atoms with Crippen molar-refractivity contribution in [3.8, 4) is 0 Å². The molecule has 0 bridgehead atoms. The van der Waals surface area contributed by atoms with Gasteiger partial charge in [-0.15, -0.1) is 0 Å². The van der Waals surface area contributed by atoms with Crippen LogP contribution in [0.5, 0.6) is 0 Å². The first kappa shape index (κ1) is 14.9. The molecule has 0 amide bonds. The summed E-state index contributed by atoms with van der Waals surface area (Å²) in [5.41, 5.74) is 0. The second kappa shape index (κ2) is 6.71. The van der Waals surface area contributed by atoms with Gasteiger partial charge in [-0.05, 0) is 31.7 Å². The van der Waals surface area contributed by atoms with Gasteiger partial charge in [0.05, 0.1) is 5.75 Å². The van der Waals surface area contributed by atoms with E-state index >= 15 is 0 Å². The van der Waals surface area contributed by atoms with Gasteiger partial charge in [-0.1, -0.05) is 20.8 Å². The zero-order valence-electron chi connectivity index (χ0n) is 11.3. The predicted molar refractivity (Wildman–Crippen MR) is 71.5 cm³/mol. The quantitative estimate of drug-likeness (QED) is 0.640. The summed E-state index contributed by atoms with van der Waals surface area (Å²) in [7, 11) is -3.06. The minimum absolute atomic E-state index is 0.232. The van der Waals surface area contributed by atoms with Crippen molar-refractivity contribution in [3.63, 3.8) is 0 Å². The molecule has 1 rings (SSSR count). The third kappa shape index (κ3) is 5.36. The van der Waals surface area contributed by atoms with Crippen LogP contribution in [0.4, 0.5) is 0 Å². The van der Waals surface area contributed by atoms with Gasteiger partial charge in [0.1, 0.15) is 0 Å². The zero-order chi connectivity index (χ0) is 12.9. The van der Waals surface area contributed by atoms with Crippen LogP contribution in [-0.4, -0.2) is 44.2 Å². The highest BCUT2D eigenvalue weighted by Crippen LogP contribution is 2.30. The Balaban J connectivity index is 2.46. The molecule has 0 aromatic heterocycles. The minimum atomic E-state index is -3.06. The number of hydrogen-bond donors (Lipinski definition) is 1. The molecule has 0 aromatic carbocycles. The van der Waals surface area contributed by atoms with E-state index in [-0.39, 0.29) is 11.8 Å². The van der Waals surface area contributed by atoms with Gasteiger partial charge in [0.2, 0.25) is 10.0 Å². The predicted octanol–water partition coefficient (Wildman–Crippen LogP) is 1.44. The summed E-state index contributed by atoms with van der Waals surface area (Å²) in [5, 5.41) is 3.15. The van der Waals surface area contributed by atoms with Crippen LogP contribution >= 0.6 is 0 Å². The van der Waals surface area contributed by atoms with Crippen molar-refractivity contribution in [2.24, 2.45) is 5.92 Å². The Morgan fingerprint density at radius 2 is 1.94 bits per heavy atom. The number of nitrogens with zero attached hydrogens (tertiary/aromatic N) is 1. The topological polar surface area (TPSA) is 49.4 Å². The minimum Gasteiger partial charge on any atom is -0.316 e. The Morgan fingerprint density at radius 3 is 2.41 bits per heavy atom. The third-order valence-corrected chi connectivity index (χ3v) is 4.70. The lowest BCUT2D eigenvalue weighted by atomic mass is 10.2. The maximum Gasteiger partial charge on any atom is 0.215 e. The van der Waals surface area contributed by atoms with Crippen molar-refractivity contribution in [2.75, 3.05) is 25.4 Å². The number of rotatable bonds is 9. The van der Waals surface area contributed by atoms with E-state index in [2.05, 4.69) is 26.1 Å². The molecule has 0 aromatic rings. The summed E-state index contributed by atoms with van der Waals surface area (Å²) in [5.74, 6) is 0.630. The van der Waals surface area contributed by atoms with Crippen molar-refractivity contribution < 1.29 is 8.42 Å². The lowest BCUT2D eigenvalue weighted by molar-refractivity contribution is 0.359. The average Bonchev–Trinajstić information content (AvgIpc) is 3.04. The van der Waals surface area contributed by atoms with E-state index in [0.29, 0.717) is 19.0 Å². The summed E-state index contributed by atoms with van der Waals surface area (Å²) >= 11 is 0. The van der Waals surface area contributed by atoms with Gasteiger partial charge >= 0.3 is 0 Å². The fourth-order valence-electron chi connectivity index (χ4n) is 1.83. The van der Waals surface area contributed by atoms with Gasteiger partial charge in [0.15, 0.2) is 0 Å². The molecule has 0 atom stereocenters. The van der Waals surface area contributed by atoms with E-state index in [0.717, 1.165) is 25.8 Å². The maximum atomic E-state index is 12.2. The second-order valence-corrected chi connectivity index (χ2v) is 7.30. The van der Waals surface area contributed by atoms with Gasteiger partial charge in [0, 0.05) is 19.1 Å². The Hall–Kier alpha value is -0.130. The Kier molecular flexibility index (Phi) is 5.89. The first-order chi connectivity index (χ1) is 7.97. The third-order valence-electron chi connectivity index (χ3n) is 2.82. The molecular formula is C12H26N2O2S. The van der Waals surface area contributed by atoms with Gasteiger partial charge in [0.25, 0.3) is 0 Å². The lowest BCUT2D eigenvalue weighted by Crippen LogP contribution is -2.40. The molecule has 0 spiro atoms. The van der Waals surface area contributed by atoms with Crippen LogP contribution in [0, 0.1) is 5.92 Å². The smallest absolute Gasteiger partial charge is 0.215 e. The summed E-state index contributed by atoms with van der Waals surface area (Å²) in [6.07, 6.45) is 3.11. The highest BCUT2D eigenvalue weighted by molar-refractivity contribution is 7.89. The van der Waals surface area contributed by atoms with Gasteiger partial charge in [-0.25, -0.2) is 8.42 Å². The summed E-state index contributed by atoms with van der Waals surface area (Å²) in [6.45, 7) is 8.35. The van der Waals surface area contributed by atoms with Crippen LogP contribution in [0.2, 0.25) is 0 Å². The van der Waals surface area contributed by atoms with Crippen LogP contribution < -0.4 is 5.32 Å². The maximum absolute atomic E-state index is 12.2. The normalized spacial score (nSPS) is 17.0. The molecule has 0 radical (unpaired) electrons. The number of sulfonamides is 1. The van der Waals surface area contributed by atoms with E-state index in [4.69, 9.17) is 0 Å². The van der Waals surface area contributed by atoms with Crippen LogP contribution in [0.1, 0.15) is 40.0 Å². The molecular weight excluding hydrogens is 236 g/mol. The average molecular weight is 262 g/mol. The van der Waals surface area contributed by atoms with E-state index in [1.165, 1.54) is 0 Å². The molecule has 17 heavy (non-hydrogen) atoms. The monoisotopic (exact) mass is 262 g/mol. The summed E-state index contributed by atoms with van der Waals surface area (Å²) < 4.78 is 26.1. The molecule has 1 aliphatic carbocycles. The van der Waals surface area contributed by atoms with Crippen LogP contribution in [0.25, 0.3) is 0 Å². The van der Waals surface area contributed by atoms with Crippen LogP contribution in [0.15, 0.2) is 0 Å². The standard InChI is InChI=1S/C12H26N2O2S/c1-4-7-13-8-9-17(15,16)14(10-11(2)3)12-5-6-12/h11-13H,4-10H2,1-3H3. The molecule has 1 fully saturated rings. The van der Waals surface area contributed by atoms with Gasteiger partial charge in [-0.3, -0.25) is 0 Å². The van der Waals surface area contributed by atoms with Crippen LogP contribution in [-0.2, 0) is 10.0 Å². The molecule has 0 unspecified atom stereocenters. The van der Waals surface area contributed by atoms with Crippen LogP contribution in [0.3, 0.4) is 0 Å². The van der Waals surface area contributed by atoms with Crippen molar-refractivity contribution in [2.45, 2.75) is 46.1 Å². The van der Waals surface area contributed by atoms with Gasteiger partial charge < -0.3 is 5.32 Å². The molecule has 4 nitrogen and oxygen atoms in total. The molecule has 5 heteroatoms. The van der Waals surface area contributed by atoms with Crippen molar-refractivity contribution in [3.05, 3.63) is 0 Å². The highest BCUT2D eigenvalue weighted by atomic mass is 32.2. The molecule has 0 saturated heterocycles. The van der Waals surface area contributed by atoms with E-state index in [9.17, 15) is 8.42 Å². The fraction of sp³-hybridized carbons (Fsp3) is 1.00. The SMILES string of the molecule is CCCNCCS(=O)(=O)N(CC(C)C)C1CC1. The summed E-state index contributed by atoms with van der Waals surface area (Å²) in [6, 6.07) is 0.286. The first-order valence-corrected chi connectivity index (χ1v) is 8.28. The largest absolute Gasteiger partial charge is 0.316 e. The Labute approximate surface area is 106 Å². The molecule has 1 N–H and O–H groups in total. The molecule has 102 valence electrons. The van der Waals surface area contributed by atoms with E-state index < -0.39 is 10.0 Å². The molecule has 0 aliphatic heterocycles. The molecule has 0 heterocycles. The molecule has 1 saturated carbocycles. The first-order valence-electron chi connectivity index (χ1n) is 6.67. The van der Waals surface area contributed by atoms with Crippen molar-refractivity contribution in [1.82, 2.24) is 9.62 Å². The van der Waals surface area contributed by atoms with Gasteiger partial charge in [-0.2, -0.15) is 4.31 Å². The zero-order valence-corrected chi connectivity index (χ0v) is 12.1. The molecule has 1 aliphatic rings. The summed E-state index contributed by atoms with van der Waals surface area (Å²) in [4.78, 5) is 0. The Morgan fingerprint density at radius 1 is 1.29 bits per heavy atom. The Bertz CT molecular complexity index is 310. The highest BCUT2D eigenvalue weighted by Gasteiger charge is 2.36. The number of nitrogens with one attached hydrogen (secondary N) is 1. The lowest BCUT2D eigenvalue weighted by Gasteiger charge is -2.23. The van der Waals surface area contributed by atoms with E-state index in [1.807, 2.05) is 0 Å². The van der Waals surface area contributed by atoms with E-state index in [1.54, 1.807) is 4.31 Å². The fourth-order valence-corrected chi connectivity index (χ4v) is 3.66.